The molecule has 2 aromatic carbocycles. The summed E-state index contributed by atoms with van der Waals surface area (Å²) in [5.74, 6) is 1.28. The molecule has 0 fully saturated rings. The van der Waals surface area contributed by atoms with Crippen molar-refractivity contribution in [2.75, 3.05) is 7.11 Å². The molecule has 0 unspecified atom stereocenters. The summed E-state index contributed by atoms with van der Waals surface area (Å²) in [5, 5.41) is 0.633. The Bertz CT molecular complexity index is 795. The van der Waals surface area contributed by atoms with E-state index in [1.165, 1.54) is 6.07 Å². The largest absolute Gasteiger partial charge is 0.497 e. The van der Waals surface area contributed by atoms with Crippen molar-refractivity contribution in [2.45, 2.75) is 20.1 Å². The Labute approximate surface area is 128 Å². The number of methoxy groups -OCH3 is 1. The van der Waals surface area contributed by atoms with E-state index in [1.807, 2.05) is 43.3 Å². The topological polar surface area (TPSA) is 23.4 Å². The van der Waals surface area contributed by atoms with Gasteiger partial charge in [0.1, 0.15) is 23.9 Å². The van der Waals surface area contributed by atoms with Crippen molar-refractivity contribution in [1.29, 1.82) is 0 Å². The first-order chi connectivity index (χ1) is 10.7. The molecule has 1 aromatic heterocycles. The minimum Gasteiger partial charge on any atom is -0.497 e. The third-order valence-corrected chi connectivity index (χ3v) is 3.72. The van der Waals surface area contributed by atoms with Crippen molar-refractivity contribution in [1.82, 2.24) is 4.57 Å². The van der Waals surface area contributed by atoms with Crippen LogP contribution in [-0.4, -0.2) is 11.7 Å². The zero-order valence-electron chi connectivity index (χ0n) is 12.7. The molecule has 0 spiro atoms. The first kappa shape index (κ1) is 14.4. The predicted octanol–water partition coefficient (Wildman–Crippen LogP) is 4.39. The maximum absolute atomic E-state index is 13.9. The van der Waals surface area contributed by atoms with Crippen LogP contribution in [0.15, 0.2) is 48.5 Å². The molecule has 0 radical (unpaired) electrons. The summed E-state index contributed by atoms with van der Waals surface area (Å²) in [5.41, 5.74) is 1.84. The second kappa shape index (κ2) is 6.10. The molecule has 0 aliphatic rings. The van der Waals surface area contributed by atoms with E-state index in [0.29, 0.717) is 12.0 Å². The summed E-state index contributed by atoms with van der Waals surface area (Å²) in [6, 6.07) is 14.5. The molecular formula is C18H18FNO2. The molecule has 0 saturated heterocycles. The van der Waals surface area contributed by atoms with Crippen LogP contribution in [0.3, 0.4) is 0 Å². The molecule has 3 rings (SSSR count). The van der Waals surface area contributed by atoms with Crippen molar-refractivity contribution >= 4 is 10.9 Å². The van der Waals surface area contributed by atoms with Gasteiger partial charge in [-0.25, -0.2) is 4.39 Å². The van der Waals surface area contributed by atoms with Crippen LogP contribution >= 0.6 is 0 Å². The number of hydrogen-bond acceptors (Lipinski definition) is 2. The van der Waals surface area contributed by atoms with Crippen LogP contribution in [0.25, 0.3) is 10.9 Å². The molecule has 0 amide bonds. The number of aromatic nitrogens is 1. The number of benzene rings is 2. The highest BCUT2D eigenvalue weighted by Crippen LogP contribution is 2.25. The smallest absolute Gasteiger partial charge is 0.132 e. The lowest BCUT2D eigenvalue weighted by atomic mass is 10.2. The summed E-state index contributed by atoms with van der Waals surface area (Å²) in [6.07, 6.45) is 0. The van der Waals surface area contributed by atoms with Crippen molar-refractivity contribution in [2.24, 2.45) is 0 Å². The fourth-order valence-corrected chi connectivity index (χ4v) is 2.64. The van der Waals surface area contributed by atoms with Gasteiger partial charge in [0, 0.05) is 18.0 Å². The Hall–Kier alpha value is -2.49. The van der Waals surface area contributed by atoms with Crippen LogP contribution in [0.5, 0.6) is 11.5 Å². The molecule has 0 bridgehead atoms. The highest BCUT2D eigenvalue weighted by atomic mass is 19.1. The van der Waals surface area contributed by atoms with Crippen LogP contribution in [0, 0.1) is 5.82 Å². The first-order valence-electron chi connectivity index (χ1n) is 7.26. The average molecular weight is 299 g/mol. The maximum Gasteiger partial charge on any atom is 0.132 e. The van der Waals surface area contributed by atoms with E-state index in [9.17, 15) is 4.39 Å². The Morgan fingerprint density at radius 1 is 1.05 bits per heavy atom. The molecule has 0 saturated carbocycles. The van der Waals surface area contributed by atoms with Gasteiger partial charge in [-0.1, -0.05) is 12.1 Å². The van der Waals surface area contributed by atoms with Crippen LogP contribution in [0.4, 0.5) is 4.39 Å². The zero-order valence-corrected chi connectivity index (χ0v) is 12.7. The average Bonchev–Trinajstić information content (AvgIpc) is 2.92. The van der Waals surface area contributed by atoms with Gasteiger partial charge in [-0.05, 0) is 37.3 Å². The van der Waals surface area contributed by atoms with E-state index in [4.69, 9.17) is 9.47 Å². The molecule has 0 aliphatic heterocycles. The van der Waals surface area contributed by atoms with Gasteiger partial charge in [-0.15, -0.1) is 0 Å². The number of halogens is 1. The van der Waals surface area contributed by atoms with E-state index in [1.54, 1.807) is 13.2 Å². The standard InChI is InChI=1S/C18H18FNO2/c1-3-20-13(10-16-17(19)8-5-9-18(16)20)12-22-15-7-4-6-14(11-15)21-2/h4-11H,3,12H2,1-2H3. The van der Waals surface area contributed by atoms with Crippen LogP contribution in [-0.2, 0) is 13.2 Å². The van der Waals surface area contributed by atoms with Gasteiger partial charge < -0.3 is 14.0 Å². The molecule has 4 heteroatoms. The van der Waals surface area contributed by atoms with Crippen molar-refractivity contribution in [3.63, 3.8) is 0 Å². The summed E-state index contributed by atoms with van der Waals surface area (Å²) >= 11 is 0. The Balaban J connectivity index is 1.88. The monoisotopic (exact) mass is 299 g/mol. The van der Waals surface area contributed by atoms with Crippen molar-refractivity contribution in [3.8, 4) is 11.5 Å². The predicted molar refractivity (Wildman–Crippen MR) is 84.9 cm³/mol. The zero-order chi connectivity index (χ0) is 15.5. The molecule has 0 atom stereocenters. The van der Waals surface area contributed by atoms with Crippen molar-refractivity contribution in [3.05, 3.63) is 60.0 Å². The van der Waals surface area contributed by atoms with E-state index >= 15 is 0 Å². The SMILES string of the molecule is CCn1c(COc2cccc(OC)c2)cc2c(F)cccc21. The summed E-state index contributed by atoms with van der Waals surface area (Å²) < 4.78 is 27.0. The molecule has 3 nitrogen and oxygen atoms in total. The number of rotatable bonds is 5. The quantitative estimate of drug-likeness (QED) is 0.697. The van der Waals surface area contributed by atoms with Gasteiger partial charge in [0.05, 0.1) is 18.3 Å². The summed E-state index contributed by atoms with van der Waals surface area (Å²) in [6.45, 7) is 3.19. The molecule has 0 N–H and O–H groups in total. The number of nitrogens with zero attached hydrogens (tertiary/aromatic N) is 1. The van der Waals surface area contributed by atoms with E-state index in [-0.39, 0.29) is 5.82 Å². The fourth-order valence-electron chi connectivity index (χ4n) is 2.64. The van der Waals surface area contributed by atoms with Crippen LogP contribution < -0.4 is 9.47 Å². The van der Waals surface area contributed by atoms with Crippen molar-refractivity contribution < 1.29 is 13.9 Å². The lowest BCUT2D eigenvalue weighted by molar-refractivity contribution is 0.294. The van der Waals surface area contributed by atoms with E-state index in [0.717, 1.165) is 29.3 Å². The normalized spacial score (nSPS) is 10.9. The van der Waals surface area contributed by atoms with Gasteiger partial charge in [0.25, 0.3) is 0 Å². The van der Waals surface area contributed by atoms with E-state index < -0.39 is 0 Å². The van der Waals surface area contributed by atoms with E-state index in [2.05, 4.69) is 4.57 Å². The molecule has 1 heterocycles. The van der Waals surface area contributed by atoms with Gasteiger partial charge >= 0.3 is 0 Å². The maximum atomic E-state index is 13.9. The number of ether oxygens (including phenoxy) is 2. The third kappa shape index (κ3) is 2.64. The second-order valence-electron chi connectivity index (χ2n) is 5.02. The Kier molecular flexibility index (Phi) is 4.00. The minimum absolute atomic E-state index is 0.202. The Morgan fingerprint density at radius 3 is 2.59 bits per heavy atom. The minimum atomic E-state index is -0.202. The molecule has 114 valence electrons. The van der Waals surface area contributed by atoms with Gasteiger partial charge in [-0.2, -0.15) is 0 Å². The Morgan fingerprint density at radius 2 is 1.82 bits per heavy atom. The second-order valence-corrected chi connectivity index (χ2v) is 5.02. The lowest BCUT2D eigenvalue weighted by Crippen LogP contribution is -2.04. The van der Waals surface area contributed by atoms with Gasteiger partial charge in [0.15, 0.2) is 0 Å². The van der Waals surface area contributed by atoms with Gasteiger partial charge in [0.2, 0.25) is 0 Å². The van der Waals surface area contributed by atoms with Crippen LogP contribution in [0.2, 0.25) is 0 Å². The molecule has 22 heavy (non-hydrogen) atoms. The molecule has 0 aliphatic carbocycles. The number of hydrogen-bond donors (Lipinski definition) is 0. The highest BCUT2D eigenvalue weighted by Gasteiger charge is 2.11. The fraction of sp³-hybridized carbons (Fsp3) is 0.222. The molecular weight excluding hydrogens is 281 g/mol. The number of aryl methyl sites for hydroxylation is 1. The third-order valence-electron chi connectivity index (χ3n) is 3.72. The summed E-state index contributed by atoms with van der Waals surface area (Å²) in [7, 11) is 1.62. The number of fused-ring (bicyclic) bond motifs is 1. The van der Waals surface area contributed by atoms with Crippen LogP contribution in [0.1, 0.15) is 12.6 Å². The molecule has 3 aromatic rings. The first-order valence-corrected chi connectivity index (χ1v) is 7.26. The lowest BCUT2D eigenvalue weighted by Gasteiger charge is -2.10. The summed E-state index contributed by atoms with van der Waals surface area (Å²) in [4.78, 5) is 0. The van der Waals surface area contributed by atoms with Gasteiger partial charge in [-0.3, -0.25) is 0 Å². The highest BCUT2D eigenvalue weighted by molar-refractivity contribution is 5.82.